The number of aryl methyl sites for hydroxylation is 1. The van der Waals surface area contributed by atoms with Gasteiger partial charge in [-0.2, -0.15) is 13.8 Å². The van der Waals surface area contributed by atoms with E-state index in [0.29, 0.717) is 18.0 Å². The number of aromatic nitrogens is 2. The number of nitrogens with zero attached hydrogens (tertiary/aromatic N) is 4. The number of nitrogens with one attached hydrogen (secondary N) is 1. The van der Waals surface area contributed by atoms with Gasteiger partial charge in [0.2, 0.25) is 11.9 Å². The summed E-state index contributed by atoms with van der Waals surface area (Å²) < 4.78 is 27.6. The van der Waals surface area contributed by atoms with E-state index in [-0.39, 0.29) is 33.9 Å². The van der Waals surface area contributed by atoms with Crippen LogP contribution in [-0.4, -0.2) is 45.9 Å². The summed E-state index contributed by atoms with van der Waals surface area (Å²) in [5.41, 5.74) is 0.192. The van der Waals surface area contributed by atoms with Gasteiger partial charge in [0.05, 0.1) is 5.69 Å². The lowest BCUT2D eigenvalue weighted by atomic mass is 9.67. The molecule has 0 spiro atoms. The molecule has 3 amide bonds. The molecule has 1 fully saturated rings. The summed E-state index contributed by atoms with van der Waals surface area (Å²) in [5.74, 6) is -2.42. The minimum Gasteiger partial charge on any atom is -0.347 e. The maximum atomic E-state index is 13.8. The maximum absolute atomic E-state index is 13.8. The fourth-order valence-corrected chi connectivity index (χ4v) is 4.49. The zero-order valence-corrected chi connectivity index (χ0v) is 19.1. The highest BCUT2D eigenvalue weighted by Crippen LogP contribution is 2.40. The van der Waals surface area contributed by atoms with E-state index >= 15 is 0 Å². The van der Waals surface area contributed by atoms with Crippen molar-refractivity contribution in [1.29, 1.82) is 0 Å². The van der Waals surface area contributed by atoms with Gasteiger partial charge in [-0.25, -0.2) is 14.7 Å². The Balaban J connectivity index is 1.98. The molecule has 2 heterocycles. The van der Waals surface area contributed by atoms with Gasteiger partial charge in [0.1, 0.15) is 5.69 Å². The molecule has 168 valence electrons. The first kappa shape index (κ1) is 23.1. The summed E-state index contributed by atoms with van der Waals surface area (Å²) in [6, 6.07) is 1.51. The normalized spacial score (nSPS) is 17.1. The molecule has 31 heavy (non-hydrogen) atoms. The molecule has 0 bridgehead atoms. The molecular weight excluding hydrogens is 424 g/mol. The lowest BCUT2D eigenvalue weighted by molar-refractivity contribution is 0.0728. The van der Waals surface area contributed by atoms with Gasteiger partial charge < -0.3 is 10.2 Å². The molecule has 3 rings (SSSR count). The number of urea groups is 1. The van der Waals surface area contributed by atoms with Gasteiger partial charge in [-0.3, -0.25) is 4.79 Å². The van der Waals surface area contributed by atoms with E-state index in [0.717, 1.165) is 41.2 Å². The van der Waals surface area contributed by atoms with Crippen LogP contribution in [0.3, 0.4) is 0 Å². The molecule has 7 nitrogen and oxygen atoms in total. The van der Waals surface area contributed by atoms with Gasteiger partial charge >= 0.3 is 6.03 Å². The van der Waals surface area contributed by atoms with E-state index in [9.17, 15) is 18.4 Å². The number of thiazole rings is 1. The molecule has 2 aromatic rings. The molecule has 1 aliphatic rings. The van der Waals surface area contributed by atoms with Gasteiger partial charge in [0, 0.05) is 36.1 Å². The van der Waals surface area contributed by atoms with Crippen molar-refractivity contribution in [2.24, 2.45) is 5.41 Å². The number of carbonyl (C=O) groups excluding carboxylic acids is 2. The van der Waals surface area contributed by atoms with Gasteiger partial charge in [-0.05, 0) is 39.0 Å². The summed E-state index contributed by atoms with van der Waals surface area (Å²) in [6.45, 7) is 10.3. The van der Waals surface area contributed by atoms with E-state index in [1.54, 1.807) is 20.8 Å². The topological polar surface area (TPSA) is 78.4 Å². The van der Waals surface area contributed by atoms with Crippen molar-refractivity contribution in [2.75, 3.05) is 18.0 Å². The molecule has 10 heteroatoms. The number of halogens is 2. The summed E-state index contributed by atoms with van der Waals surface area (Å²) in [7, 11) is 0. The Morgan fingerprint density at radius 1 is 1.19 bits per heavy atom. The number of hydrogen-bond acceptors (Lipinski definition) is 5. The number of carbonyl (C=O) groups is 2. The Bertz CT molecular complexity index is 970. The van der Waals surface area contributed by atoms with Crippen molar-refractivity contribution in [3.05, 3.63) is 34.6 Å². The molecule has 1 atom stereocenters. The summed E-state index contributed by atoms with van der Waals surface area (Å²) in [6.07, 6.45) is 1.93. The maximum Gasteiger partial charge on any atom is 0.330 e. The Morgan fingerprint density at radius 3 is 2.29 bits per heavy atom. The molecule has 1 saturated carbocycles. The van der Waals surface area contributed by atoms with Crippen LogP contribution >= 0.6 is 11.3 Å². The number of pyridine rings is 1. The smallest absolute Gasteiger partial charge is 0.330 e. The zero-order chi connectivity index (χ0) is 22.9. The van der Waals surface area contributed by atoms with Crippen LogP contribution in [0.4, 0.5) is 24.4 Å². The van der Waals surface area contributed by atoms with Crippen molar-refractivity contribution >= 4 is 34.1 Å². The highest BCUT2D eigenvalue weighted by atomic mass is 32.1. The van der Waals surface area contributed by atoms with Crippen LogP contribution < -0.4 is 10.2 Å². The monoisotopic (exact) mass is 451 g/mol. The first-order valence-corrected chi connectivity index (χ1v) is 11.1. The van der Waals surface area contributed by atoms with Gasteiger partial charge in [-0.1, -0.05) is 13.8 Å². The Kier molecular flexibility index (Phi) is 6.59. The average Bonchev–Trinajstić information content (AvgIpc) is 3.06. The summed E-state index contributed by atoms with van der Waals surface area (Å²) in [4.78, 5) is 36.8. The standard InChI is InChI=1S/C21H27F2N5O2S/c1-6-27(7-2)20(30)28(13-10-15(22)25-16(23)11-13)19-26-17(12(3)31-19)18(29)24-14-8-9-21(14,4)5/h10-11,14H,6-9H2,1-5H3,(H,24,29). The van der Waals surface area contributed by atoms with Crippen LogP contribution in [0.25, 0.3) is 0 Å². The highest BCUT2D eigenvalue weighted by Gasteiger charge is 2.40. The number of rotatable bonds is 6. The molecule has 1 unspecified atom stereocenters. The van der Waals surface area contributed by atoms with Gasteiger partial charge in [0.15, 0.2) is 5.13 Å². The number of anilines is 2. The van der Waals surface area contributed by atoms with Crippen LogP contribution in [0, 0.1) is 24.2 Å². The number of amides is 3. The minimum atomic E-state index is -1.05. The Hall–Kier alpha value is -2.62. The highest BCUT2D eigenvalue weighted by molar-refractivity contribution is 7.16. The fraction of sp³-hybridized carbons (Fsp3) is 0.524. The number of hydrogen-bond donors (Lipinski definition) is 1. The van der Waals surface area contributed by atoms with Crippen LogP contribution in [0.15, 0.2) is 12.1 Å². The molecule has 0 aromatic carbocycles. The molecule has 0 aliphatic heterocycles. The average molecular weight is 452 g/mol. The molecule has 0 radical (unpaired) electrons. The third-order valence-corrected chi connectivity index (χ3v) is 6.70. The van der Waals surface area contributed by atoms with Crippen molar-refractivity contribution in [3.63, 3.8) is 0 Å². The third-order valence-electron chi connectivity index (χ3n) is 5.75. The van der Waals surface area contributed by atoms with Gasteiger partial charge in [-0.15, -0.1) is 11.3 Å². The van der Waals surface area contributed by atoms with E-state index < -0.39 is 17.9 Å². The van der Waals surface area contributed by atoms with Crippen LogP contribution in [0.1, 0.15) is 55.9 Å². The molecule has 1 aliphatic carbocycles. The third kappa shape index (κ3) is 4.68. The fourth-order valence-electron chi connectivity index (χ4n) is 3.57. The quantitative estimate of drug-likeness (QED) is 0.649. The zero-order valence-electron chi connectivity index (χ0n) is 18.3. The lowest BCUT2D eigenvalue weighted by Crippen LogP contribution is -2.52. The van der Waals surface area contributed by atoms with Gasteiger partial charge in [0.25, 0.3) is 5.91 Å². The van der Waals surface area contributed by atoms with E-state index in [1.165, 1.54) is 4.90 Å². The SMILES string of the molecule is CCN(CC)C(=O)N(c1cc(F)nc(F)c1)c1nc(C(=O)NC2CCC2(C)C)c(C)s1. The molecular formula is C21H27F2N5O2S. The first-order valence-electron chi connectivity index (χ1n) is 10.3. The first-order chi connectivity index (χ1) is 14.6. The van der Waals surface area contributed by atoms with E-state index in [2.05, 4.69) is 29.1 Å². The molecule has 1 N–H and O–H groups in total. The second-order valence-corrected chi connectivity index (χ2v) is 9.40. The van der Waals surface area contributed by atoms with E-state index in [4.69, 9.17) is 0 Å². The second kappa shape index (κ2) is 8.86. The minimum absolute atomic E-state index is 0.0270. The summed E-state index contributed by atoms with van der Waals surface area (Å²) >= 11 is 1.12. The predicted octanol–water partition coefficient (Wildman–Crippen LogP) is 4.64. The van der Waals surface area contributed by atoms with Crippen molar-refractivity contribution < 1.29 is 18.4 Å². The summed E-state index contributed by atoms with van der Waals surface area (Å²) in [5, 5.41) is 3.17. The van der Waals surface area contributed by atoms with Crippen molar-refractivity contribution in [1.82, 2.24) is 20.2 Å². The lowest BCUT2D eigenvalue weighted by Gasteiger charge is -2.44. The second-order valence-electron chi connectivity index (χ2n) is 8.22. The molecule has 0 saturated heterocycles. The Labute approximate surface area is 184 Å². The van der Waals surface area contributed by atoms with Crippen LogP contribution in [-0.2, 0) is 0 Å². The van der Waals surface area contributed by atoms with Crippen LogP contribution in [0.5, 0.6) is 0 Å². The molecule has 2 aromatic heterocycles. The van der Waals surface area contributed by atoms with E-state index in [1.807, 2.05) is 0 Å². The predicted molar refractivity (Wildman–Crippen MR) is 116 cm³/mol. The largest absolute Gasteiger partial charge is 0.347 e. The van der Waals surface area contributed by atoms with Crippen molar-refractivity contribution in [3.8, 4) is 0 Å². The Morgan fingerprint density at radius 2 is 1.81 bits per heavy atom. The van der Waals surface area contributed by atoms with Crippen LogP contribution in [0.2, 0.25) is 0 Å². The van der Waals surface area contributed by atoms with Crippen molar-refractivity contribution in [2.45, 2.75) is 53.5 Å².